The molecule has 0 unspecified atom stereocenters. The number of likely N-dealkylation sites (tertiary alicyclic amines) is 1. The number of hydrogen-bond acceptors (Lipinski definition) is 5. The molecule has 1 aromatic rings. The van der Waals surface area contributed by atoms with E-state index in [-0.39, 0.29) is 12.4 Å². The van der Waals surface area contributed by atoms with Crippen LogP contribution in [0.25, 0.3) is 0 Å². The number of aliphatic carboxylic acids is 1. The highest BCUT2D eigenvalue weighted by molar-refractivity contribution is 5.95. The van der Waals surface area contributed by atoms with Crippen molar-refractivity contribution in [1.82, 2.24) is 9.80 Å². The molecule has 1 N–H and O–H groups in total. The minimum Gasteiger partial charge on any atom is -0.480 e. The maximum atomic E-state index is 12.7. The Hall–Kier alpha value is -1.86. The van der Waals surface area contributed by atoms with Crippen molar-refractivity contribution in [1.29, 1.82) is 0 Å². The Morgan fingerprint density at radius 3 is 2.68 bits per heavy atom. The predicted molar refractivity (Wildman–Crippen MR) is 76.3 cm³/mol. The topological polar surface area (TPSA) is 83.2 Å². The van der Waals surface area contributed by atoms with E-state index in [2.05, 4.69) is 11.8 Å². The molecule has 0 saturated carbocycles. The fraction of sp³-hybridized carbons (Fsp3) is 0.600. The van der Waals surface area contributed by atoms with Gasteiger partial charge in [-0.15, -0.1) is 0 Å². The van der Waals surface area contributed by atoms with Crippen LogP contribution in [0.1, 0.15) is 30.3 Å². The molecule has 2 fully saturated rings. The zero-order valence-electron chi connectivity index (χ0n) is 12.5. The quantitative estimate of drug-likeness (QED) is 0.897. The summed E-state index contributed by atoms with van der Waals surface area (Å²) < 4.78 is 11.0. The molecule has 0 aliphatic carbocycles. The highest BCUT2D eigenvalue weighted by Gasteiger charge is 2.54. The van der Waals surface area contributed by atoms with E-state index in [1.54, 1.807) is 12.1 Å². The molecule has 0 radical (unpaired) electrons. The summed E-state index contributed by atoms with van der Waals surface area (Å²) in [6, 6.07) is 2.20. The van der Waals surface area contributed by atoms with Crippen LogP contribution >= 0.6 is 0 Å². The summed E-state index contributed by atoms with van der Waals surface area (Å²) in [5, 5.41) is 9.43. The van der Waals surface area contributed by atoms with Crippen molar-refractivity contribution in [3.05, 3.63) is 24.2 Å². The van der Waals surface area contributed by atoms with Crippen LogP contribution in [0.3, 0.4) is 0 Å². The van der Waals surface area contributed by atoms with Gasteiger partial charge >= 0.3 is 5.97 Å². The largest absolute Gasteiger partial charge is 0.480 e. The maximum Gasteiger partial charge on any atom is 0.328 e. The lowest BCUT2D eigenvalue weighted by Crippen LogP contribution is -2.58. The minimum absolute atomic E-state index is 0.0217. The Balaban J connectivity index is 1.89. The Kier molecular flexibility index (Phi) is 3.92. The second-order valence-electron chi connectivity index (χ2n) is 5.70. The van der Waals surface area contributed by atoms with Crippen LogP contribution in [0.5, 0.6) is 0 Å². The number of hydrogen-bond donors (Lipinski definition) is 1. The van der Waals surface area contributed by atoms with Crippen LogP contribution in [-0.2, 0) is 9.53 Å². The SMILES string of the molecule is CCN1CCC2(CC1)OC[C@H](C(=O)O)N2C(=O)c1ccco1. The number of carbonyl (C=O) groups is 2. The maximum absolute atomic E-state index is 12.7. The van der Waals surface area contributed by atoms with Crippen molar-refractivity contribution < 1.29 is 23.8 Å². The lowest BCUT2D eigenvalue weighted by molar-refractivity contribution is -0.144. The predicted octanol–water partition coefficient (Wildman–Crippen LogP) is 1.02. The lowest BCUT2D eigenvalue weighted by atomic mass is 9.97. The molecule has 1 aromatic heterocycles. The van der Waals surface area contributed by atoms with Crippen molar-refractivity contribution in [3.63, 3.8) is 0 Å². The summed E-state index contributed by atoms with van der Waals surface area (Å²) in [6.07, 6.45) is 2.63. The van der Waals surface area contributed by atoms with Gasteiger partial charge in [-0.3, -0.25) is 9.69 Å². The summed E-state index contributed by atoms with van der Waals surface area (Å²) in [6.45, 7) is 4.60. The van der Waals surface area contributed by atoms with Crippen molar-refractivity contribution in [2.24, 2.45) is 0 Å². The molecular weight excluding hydrogens is 288 g/mol. The molecule has 22 heavy (non-hydrogen) atoms. The van der Waals surface area contributed by atoms with E-state index in [1.807, 2.05) is 0 Å². The molecule has 3 rings (SSSR count). The monoisotopic (exact) mass is 308 g/mol. The van der Waals surface area contributed by atoms with Gasteiger partial charge in [-0.2, -0.15) is 0 Å². The first-order chi connectivity index (χ1) is 10.6. The van der Waals surface area contributed by atoms with E-state index >= 15 is 0 Å². The van der Waals surface area contributed by atoms with Gasteiger partial charge in [0.05, 0.1) is 12.9 Å². The molecule has 120 valence electrons. The molecule has 1 amide bonds. The van der Waals surface area contributed by atoms with Gasteiger partial charge in [0, 0.05) is 25.9 Å². The minimum atomic E-state index is -1.05. The number of rotatable bonds is 3. The number of amides is 1. The Morgan fingerprint density at radius 2 is 2.14 bits per heavy atom. The van der Waals surface area contributed by atoms with Crippen molar-refractivity contribution in [2.45, 2.75) is 31.5 Å². The van der Waals surface area contributed by atoms with Gasteiger partial charge in [-0.05, 0) is 18.7 Å². The summed E-state index contributed by atoms with van der Waals surface area (Å²) in [5.74, 6) is -1.32. The van der Waals surface area contributed by atoms with Gasteiger partial charge in [0.1, 0.15) is 5.72 Å². The molecular formula is C15H20N2O5. The van der Waals surface area contributed by atoms with Crippen LogP contribution in [0.4, 0.5) is 0 Å². The number of furan rings is 1. The molecule has 1 spiro atoms. The molecule has 2 saturated heterocycles. The van der Waals surface area contributed by atoms with Crippen LogP contribution in [0.15, 0.2) is 22.8 Å². The first kappa shape index (κ1) is 15.1. The van der Waals surface area contributed by atoms with Crippen molar-refractivity contribution >= 4 is 11.9 Å². The molecule has 2 aliphatic rings. The molecule has 3 heterocycles. The van der Waals surface area contributed by atoms with Crippen LogP contribution in [0.2, 0.25) is 0 Å². The standard InChI is InChI=1S/C15H20N2O5/c1-2-16-7-5-15(6-8-16)17(11(10-22-15)14(19)20)13(18)12-4-3-9-21-12/h3-4,9,11H,2,5-8,10H2,1H3,(H,19,20)/t11-/m1/s1. The van der Waals surface area contributed by atoms with Crippen LogP contribution in [-0.4, -0.2) is 64.8 Å². The highest BCUT2D eigenvalue weighted by Crippen LogP contribution is 2.38. The zero-order chi connectivity index (χ0) is 15.7. The first-order valence-corrected chi connectivity index (χ1v) is 7.54. The fourth-order valence-electron chi connectivity index (χ4n) is 3.29. The van der Waals surface area contributed by atoms with E-state index in [1.165, 1.54) is 11.2 Å². The van der Waals surface area contributed by atoms with Gasteiger partial charge < -0.3 is 19.2 Å². The van der Waals surface area contributed by atoms with E-state index in [9.17, 15) is 14.7 Å². The summed E-state index contributed by atoms with van der Waals surface area (Å²) >= 11 is 0. The average Bonchev–Trinajstić information content (AvgIpc) is 3.16. The van der Waals surface area contributed by atoms with E-state index in [4.69, 9.17) is 9.15 Å². The van der Waals surface area contributed by atoms with Gasteiger partial charge in [-0.1, -0.05) is 6.92 Å². The Bertz CT molecular complexity index is 548. The number of nitrogens with zero attached hydrogens (tertiary/aromatic N) is 2. The average molecular weight is 308 g/mol. The first-order valence-electron chi connectivity index (χ1n) is 7.54. The highest BCUT2D eigenvalue weighted by atomic mass is 16.5. The van der Waals surface area contributed by atoms with E-state index in [0.29, 0.717) is 12.8 Å². The van der Waals surface area contributed by atoms with Gasteiger partial charge in [0.25, 0.3) is 5.91 Å². The van der Waals surface area contributed by atoms with Gasteiger partial charge in [0.15, 0.2) is 11.8 Å². The number of carbonyl (C=O) groups excluding carboxylic acids is 1. The Morgan fingerprint density at radius 1 is 1.41 bits per heavy atom. The third-order valence-corrected chi connectivity index (χ3v) is 4.58. The van der Waals surface area contributed by atoms with Gasteiger partial charge in [0.2, 0.25) is 0 Å². The third-order valence-electron chi connectivity index (χ3n) is 4.58. The zero-order valence-corrected chi connectivity index (χ0v) is 12.5. The molecule has 0 aromatic carbocycles. The number of piperidine rings is 1. The molecule has 0 bridgehead atoms. The fourth-order valence-corrected chi connectivity index (χ4v) is 3.29. The lowest BCUT2D eigenvalue weighted by Gasteiger charge is -2.43. The van der Waals surface area contributed by atoms with Gasteiger partial charge in [-0.25, -0.2) is 4.79 Å². The third kappa shape index (κ3) is 2.40. The van der Waals surface area contributed by atoms with E-state index < -0.39 is 23.6 Å². The second kappa shape index (κ2) is 5.73. The second-order valence-corrected chi connectivity index (χ2v) is 5.70. The van der Waals surface area contributed by atoms with E-state index in [0.717, 1.165) is 19.6 Å². The smallest absolute Gasteiger partial charge is 0.328 e. The summed E-state index contributed by atoms with van der Waals surface area (Å²) in [5.41, 5.74) is -0.835. The number of carboxylic acid groups (broad SMARTS) is 1. The molecule has 1 atom stereocenters. The number of ether oxygens (including phenoxy) is 1. The molecule has 7 nitrogen and oxygen atoms in total. The van der Waals surface area contributed by atoms with Crippen molar-refractivity contribution in [2.75, 3.05) is 26.2 Å². The Labute approximate surface area is 128 Å². The number of carboxylic acids is 1. The summed E-state index contributed by atoms with van der Waals surface area (Å²) in [7, 11) is 0. The normalized spacial score (nSPS) is 24.8. The summed E-state index contributed by atoms with van der Waals surface area (Å²) in [4.78, 5) is 27.9. The molecule has 7 heteroatoms. The molecule has 2 aliphatic heterocycles. The van der Waals surface area contributed by atoms with Crippen LogP contribution in [0, 0.1) is 0 Å². The van der Waals surface area contributed by atoms with Crippen molar-refractivity contribution in [3.8, 4) is 0 Å². The van der Waals surface area contributed by atoms with Crippen LogP contribution < -0.4 is 0 Å².